The van der Waals surface area contributed by atoms with Crippen LogP contribution in [0.4, 0.5) is 5.69 Å². The van der Waals surface area contributed by atoms with Gasteiger partial charge in [-0.05, 0) is 12.5 Å². The molecule has 4 heteroatoms. The maximum absolute atomic E-state index is 11.7. The van der Waals surface area contributed by atoms with Crippen LogP contribution in [0, 0.1) is 0 Å². The SMILES string of the molecule is COc1cc(N)c2c(c1)C(=O)CCCO2. The normalized spacial score (nSPS) is 15.1. The topological polar surface area (TPSA) is 61.5 Å². The molecule has 0 radical (unpaired) electrons. The summed E-state index contributed by atoms with van der Waals surface area (Å²) in [5.41, 5.74) is 6.78. The number of benzene rings is 1. The Balaban J connectivity index is 2.55. The van der Waals surface area contributed by atoms with E-state index >= 15 is 0 Å². The second-order valence-corrected chi connectivity index (χ2v) is 3.47. The Bertz CT molecular complexity index is 401. The first-order chi connectivity index (χ1) is 7.22. The van der Waals surface area contributed by atoms with E-state index in [0.717, 1.165) is 6.42 Å². The molecule has 80 valence electrons. The van der Waals surface area contributed by atoms with E-state index in [1.807, 2.05) is 0 Å². The highest BCUT2D eigenvalue weighted by Crippen LogP contribution is 2.34. The van der Waals surface area contributed by atoms with E-state index in [4.69, 9.17) is 15.2 Å². The summed E-state index contributed by atoms with van der Waals surface area (Å²) >= 11 is 0. The lowest BCUT2D eigenvalue weighted by Crippen LogP contribution is -2.02. The minimum absolute atomic E-state index is 0.0631. The Labute approximate surface area is 88.0 Å². The molecule has 0 aliphatic carbocycles. The van der Waals surface area contributed by atoms with Crippen LogP contribution in [-0.2, 0) is 0 Å². The molecule has 0 amide bonds. The van der Waals surface area contributed by atoms with Crippen LogP contribution in [0.1, 0.15) is 23.2 Å². The van der Waals surface area contributed by atoms with Crippen molar-refractivity contribution < 1.29 is 14.3 Å². The Morgan fingerprint density at radius 1 is 1.47 bits per heavy atom. The number of carbonyl (C=O) groups excluding carboxylic acids is 1. The molecule has 0 spiro atoms. The number of Topliss-reactive ketones (excluding diaryl/α,β-unsaturated/α-hetero) is 1. The molecule has 1 aliphatic rings. The van der Waals surface area contributed by atoms with Gasteiger partial charge in [0, 0.05) is 12.5 Å². The van der Waals surface area contributed by atoms with E-state index in [1.54, 1.807) is 19.2 Å². The number of ketones is 1. The minimum atomic E-state index is 0.0631. The van der Waals surface area contributed by atoms with Gasteiger partial charge in [0.05, 0.1) is 25.0 Å². The molecule has 0 fully saturated rings. The third-order valence-electron chi connectivity index (χ3n) is 2.42. The number of anilines is 1. The van der Waals surface area contributed by atoms with Crippen LogP contribution in [0.25, 0.3) is 0 Å². The third-order valence-corrected chi connectivity index (χ3v) is 2.42. The largest absolute Gasteiger partial charge is 0.497 e. The van der Waals surface area contributed by atoms with Crippen molar-refractivity contribution in [2.45, 2.75) is 12.8 Å². The zero-order valence-electron chi connectivity index (χ0n) is 8.58. The third kappa shape index (κ3) is 1.75. The average molecular weight is 207 g/mol. The molecule has 1 aromatic carbocycles. The molecule has 1 aliphatic heterocycles. The van der Waals surface area contributed by atoms with Gasteiger partial charge < -0.3 is 15.2 Å². The summed E-state index contributed by atoms with van der Waals surface area (Å²) < 4.78 is 10.5. The Hall–Kier alpha value is -1.71. The van der Waals surface area contributed by atoms with Crippen molar-refractivity contribution in [2.24, 2.45) is 0 Å². The van der Waals surface area contributed by atoms with Crippen LogP contribution < -0.4 is 15.2 Å². The summed E-state index contributed by atoms with van der Waals surface area (Å²) in [5.74, 6) is 1.15. The highest BCUT2D eigenvalue weighted by molar-refractivity contribution is 6.01. The summed E-state index contributed by atoms with van der Waals surface area (Å²) in [4.78, 5) is 11.7. The van der Waals surface area contributed by atoms with Crippen LogP contribution in [0.5, 0.6) is 11.5 Å². The van der Waals surface area contributed by atoms with Gasteiger partial charge in [0.1, 0.15) is 5.75 Å². The fourth-order valence-electron chi connectivity index (χ4n) is 1.65. The number of ether oxygens (including phenoxy) is 2. The first-order valence-electron chi connectivity index (χ1n) is 4.86. The van der Waals surface area contributed by atoms with Crippen molar-refractivity contribution in [3.8, 4) is 11.5 Å². The Morgan fingerprint density at radius 3 is 3.00 bits per heavy atom. The smallest absolute Gasteiger partial charge is 0.166 e. The molecule has 0 bridgehead atoms. The summed E-state index contributed by atoms with van der Waals surface area (Å²) in [7, 11) is 1.54. The molecule has 0 saturated heterocycles. The first kappa shape index (κ1) is 9.83. The van der Waals surface area contributed by atoms with Gasteiger partial charge in [-0.3, -0.25) is 4.79 Å². The van der Waals surface area contributed by atoms with Crippen molar-refractivity contribution in [1.82, 2.24) is 0 Å². The number of nitrogens with two attached hydrogens (primary N) is 1. The maximum Gasteiger partial charge on any atom is 0.166 e. The Kier molecular flexibility index (Phi) is 2.49. The van der Waals surface area contributed by atoms with Gasteiger partial charge in [-0.2, -0.15) is 0 Å². The first-order valence-corrected chi connectivity index (χ1v) is 4.86. The van der Waals surface area contributed by atoms with Gasteiger partial charge >= 0.3 is 0 Å². The van der Waals surface area contributed by atoms with E-state index in [-0.39, 0.29) is 5.78 Å². The molecule has 4 nitrogen and oxygen atoms in total. The van der Waals surface area contributed by atoms with Gasteiger partial charge in [0.15, 0.2) is 11.5 Å². The summed E-state index contributed by atoms with van der Waals surface area (Å²) in [5, 5.41) is 0. The van der Waals surface area contributed by atoms with Crippen LogP contribution in [0.3, 0.4) is 0 Å². The predicted octanol–water partition coefficient (Wildman–Crippen LogP) is 1.63. The van der Waals surface area contributed by atoms with E-state index in [2.05, 4.69) is 0 Å². The van der Waals surface area contributed by atoms with E-state index < -0.39 is 0 Å². The van der Waals surface area contributed by atoms with Gasteiger partial charge in [0.2, 0.25) is 0 Å². The lowest BCUT2D eigenvalue weighted by atomic mass is 10.1. The Morgan fingerprint density at radius 2 is 2.27 bits per heavy atom. The van der Waals surface area contributed by atoms with Gasteiger partial charge in [-0.15, -0.1) is 0 Å². The van der Waals surface area contributed by atoms with Gasteiger partial charge in [-0.1, -0.05) is 0 Å². The zero-order valence-corrected chi connectivity index (χ0v) is 8.58. The number of nitrogen functional groups attached to an aromatic ring is 1. The molecule has 1 aromatic rings. The molecular weight excluding hydrogens is 194 g/mol. The minimum Gasteiger partial charge on any atom is -0.497 e. The van der Waals surface area contributed by atoms with Gasteiger partial charge in [-0.25, -0.2) is 0 Å². The molecule has 15 heavy (non-hydrogen) atoms. The molecule has 1 heterocycles. The zero-order chi connectivity index (χ0) is 10.8. The standard InChI is InChI=1S/C11H13NO3/c1-14-7-5-8-10(13)3-2-4-15-11(8)9(12)6-7/h5-6H,2-4,12H2,1H3. The molecule has 2 rings (SSSR count). The predicted molar refractivity (Wildman–Crippen MR) is 56.5 cm³/mol. The summed E-state index contributed by atoms with van der Waals surface area (Å²) in [6.45, 7) is 0.537. The summed E-state index contributed by atoms with van der Waals surface area (Å²) in [6.07, 6.45) is 1.23. The fraction of sp³-hybridized carbons (Fsp3) is 0.364. The quantitative estimate of drug-likeness (QED) is 0.711. The number of methoxy groups -OCH3 is 1. The van der Waals surface area contributed by atoms with Crippen LogP contribution >= 0.6 is 0 Å². The average Bonchev–Trinajstić information content (AvgIpc) is 2.41. The second kappa shape index (κ2) is 3.81. The molecule has 0 unspecified atom stereocenters. The van der Waals surface area contributed by atoms with Crippen LogP contribution in [-0.4, -0.2) is 19.5 Å². The van der Waals surface area contributed by atoms with Crippen molar-refractivity contribution in [2.75, 3.05) is 19.5 Å². The summed E-state index contributed by atoms with van der Waals surface area (Å²) in [6, 6.07) is 3.34. The van der Waals surface area contributed by atoms with E-state index in [0.29, 0.717) is 35.8 Å². The monoisotopic (exact) mass is 207 g/mol. The van der Waals surface area contributed by atoms with Gasteiger partial charge in [0.25, 0.3) is 0 Å². The number of hydrogen-bond acceptors (Lipinski definition) is 4. The lowest BCUT2D eigenvalue weighted by Gasteiger charge is -2.11. The van der Waals surface area contributed by atoms with Crippen molar-refractivity contribution in [3.63, 3.8) is 0 Å². The fourth-order valence-corrected chi connectivity index (χ4v) is 1.65. The number of carbonyl (C=O) groups is 1. The molecular formula is C11H13NO3. The maximum atomic E-state index is 11.7. The van der Waals surface area contributed by atoms with Crippen LogP contribution in [0.2, 0.25) is 0 Å². The van der Waals surface area contributed by atoms with Crippen LogP contribution in [0.15, 0.2) is 12.1 Å². The van der Waals surface area contributed by atoms with Crippen molar-refractivity contribution in [3.05, 3.63) is 17.7 Å². The van der Waals surface area contributed by atoms with E-state index in [1.165, 1.54) is 0 Å². The lowest BCUT2D eigenvalue weighted by molar-refractivity contribution is 0.0983. The van der Waals surface area contributed by atoms with Crippen molar-refractivity contribution in [1.29, 1.82) is 0 Å². The highest BCUT2D eigenvalue weighted by atomic mass is 16.5. The number of hydrogen-bond donors (Lipinski definition) is 1. The molecule has 2 N–H and O–H groups in total. The van der Waals surface area contributed by atoms with E-state index in [9.17, 15) is 4.79 Å². The highest BCUT2D eigenvalue weighted by Gasteiger charge is 2.20. The molecule has 0 aromatic heterocycles. The second-order valence-electron chi connectivity index (χ2n) is 3.47. The molecule has 0 saturated carbocycles. The number of rotatable bonds is 1. The number of fused-ring (bicyclic) bond motifs is 1. The molecule has 0 atom stereocenters. The van der Waals surface area contributed by atoms with Crippen molar-refractivity contribution >= 4 is 11.5 Å².